The molecule has 0 saturated carbocycles. The van der Waals surface area contributed by atoms with Gasteiger partial charge in [0.25, 0.3) is 0 Å². The van der Waals surface area contributed by atoms with E-state index in [0.29, 0.717) is 0 Å². The summed E-state index contributed by atoms with van der Waals surface area (Å²) in [5.74, 6) is 0. The van der Waals surface area contributed by atoms with Gasteiger partial charge in [0.1, 0.15) is 2.14 Å². The second-order valence-electron chi connectivity index (χ2n) is 2.43. The van der Waals surface area contributed by atoms with E-state index in [9.17, 15) is 0 Å². The molecule has 0 spiro atoms. The zero-order valence-electron chi connectivity index (χ0n) is 6.17. The molecule has 0 aromatic rings. The van der Waals surface area contributed by atoms with E-state index in [2.05, 4.69) is 54.7 Å². The van der Waals surface area contributed by atoms with Crippen LogP contribution < -0.4 is 0 Å². The highest BCUT2D eigenvalue weighted by molar-refractivity contribution is 9.39. The zero-order valence-corrected chi connectivity index (χ0v) is 10.9. The van der Waals surface area contributed by atoms with E-state index >= 15 is 0 Å². The summed E-state index contributed by atoms with van der Waals surface area (Å²) in [5, 5.41) is 0. The van der Waals surface area contributed by atoms with Crippen LogP contribution >= 0.6 is 47.8 Å². The lowest BCUT2D eigenvalue weighted by molar-refractivity contribution is 0.651. The first kappa shape index (κ1) is 11.4. The molecule has 10 heavy (non-hydrogen) atoms. The lowest BCUT2D eigenvalue weighted by Crippen LogP contribution is -1.97. The van der Waals surface area contributed by atoms with Gasteiger partial charge in [0.05, 0.1) is 0 Å². The molecule has 0 bridgehead atoms. The van der Waals surface area contributed by atoms with E-state index < -0.39 is 0 Å². The maximum Gasteiger partial charge on any atom is 0.135 e. The second-order valence-corrected chi connectivity index (χ2v) is 9.68. The Morgan fingerprint density at radius 3 is 2.00 bits per heavy atom. The molecule has 0 saturated heterocycles. The van der Waals surface area contributed by atoms with Gasteiger partial charge in [-0.3, -0.25) is 0 Å². The Balaban J connectivity index is 3.04. The number of unbranched alkanes of at least 4 members (excludes halogenated alkanes) is 3. The molecule has 0 fully saturated rings. The molecule has 0 nitrogen and oxygen atoms in total. The molecule has 0 heterocycles. The molecule has 62 valence electrons. The minimum Gasteiger partial charge on any atom is -0.0654 e. The molecule has 0 unspecified atom stereocenters. The SMILES string of the molecule is CCCCCCC(Br)(Br)Br. The Hall–Kier alpha value is 1.44. The topological polar surface area (TPSA) is 0 Å². The lowest BCUT2D eigenvalue weighted by Gasteiger charge is -2.10. The summed E-state index contributed by atoms with van der Waals surface area (Å²) < 4.78 is -0.0132. The summed E-state index contributed by atoms with van der Waals surface area (Å²) in [4.78, 5) is 0. The van der Waals surface area contributed by atoms with Crippen LogP contribution in [-0.4, -0.2) is 2.14 Å². The summed E-state index contributed by atoms with van der Waals surface area (Å²) in [6.45, 7) is 2.23. The molecule has 0 aliphatic carbocycles. The van der Waals surface area contributed by atoms with Crippen LogP contribution in [0.5, 0.6) is 0 Å². The van der Waals surface area contributed by atoms with E-state index in [-0.39, 0.29) is 2.14 Å². The van der Waals surface area contributed by atoms with Gasteiger partial charge in [-0.25, -0.2) is 0 Å². The molecule has 0 rings (SSSR count). The number of rotatable bonds is 4. The zero-order chi connectivity index (χ0) is 8.04. The third-order valence-electron chi connectivity index (χ3n) is 1.31. The number of halogens is 3. The van der Waals surface area contributed by atoms with Gasteiger partial charge in [0.15, 0.2) is 0 Å². The van der Waals surface area contributed by atoms with Crippen LogP contribution in [0.15, 0.2) is 0 Å². The normalized spacial score (nSPS) is 12.0. The third-order valence-corrected chi connectivity index (χ3v) is 2.50. The smallest absolute Gasteiger partial charge is 0.0654 e. The molecular weight excluding hydrogens is 324 g/mol. The molecule has 0 atom stereocenters. The largest absolute Gasteiger partial charge is 0.135 e. The minimum absolute atomic E-state index is 0.0132. The Morgan fingerprint density at radius 1 is 1.00 bits per heavy atom. The first-order chi connectivity index (χ1) is 4.56. The monoisotopic (exact) mass is 334 g/mol. The Kier molecular flexibility index (Phi) is 6.88. The van der Waals surface area contributed by atoms with E-state index in [4.69, 9.17) is 0 Å². The number of alkyl halides is 3. The second kappa shape index (κ2) is 6.01. The number of hydrogen-bond acceptors (Lipinski definition) is 0. The van der Waals surface area contributed by atoms with Crippen molar-refractivity contribution >= 4 is 47.8 Å². The van der Waals surface area contributed by atoms with E-state index in [1.165, 1.54) is 25.7 Å². The number of hydrogen-bond donors (Lipinski definition) is 0. The molecule has 0 amide bonds. The highest BCUT2D eigenvalue weighted by atomic mass is 80.0. The van der Waals surface area contributed by atoms with Crippen molar-refractivity contribution in [2.24, 2.45) is 0 Å². The highest BCUT2D eigenvalue weighted by Crippen LogP contribution is 2.38. The van der Waals surface area contributed by atoms with E-state index in [1.54, 1.807) is 0 Å². The van der Waals surface area contributed by atoms with Crippen LogP contribution in [0, 0.1) is 0 Å². The molecule has 0 radical (unpaired) electrons. The van der Waals surface area contributed by atoms with Gasteiger partial charge in [-0.1, -0.05) is 80.4 Å². The van der Waals surface area contributed by atoms with E-state index in [0.717, 1.165) is 6.42 Å². The van der Waals surface area contributed by atoms with E-state index in [1.807, 2.05) is 0 Å². The van der Waals surface area contributed by atoms with Gasteiger partial charge in [0, 0.05) is 0 Å². The predicted molar refractivity (Wildman–Crippen MR) is 58.3 cm³/mol. The first-order valence-corrected chi connectivity index (χ1v) is 6.01. The van der Waals surface area contributed by atoms with Gasteiger partial charge in [0.2, 0.25) is 0 Å². The van der Waals surface area contributed by atoms with Crippen LogP contribution in [0.1, 0.15) is 39.0 Å². The summed E-state index contributed by atoms with van der Waals surface area (Å²) in [6, 6.07) is 0. The highest BCUT2D eigenvalue weighted by Gasteiger charge is 2.15. The molecule has 0 N–H and O–H groups in total. The Labute approximate surface area is 88.5 Å². The molecule has 0 aromatic heterocycles. The van der Waals surface area contributed by atoms with Crippen molar-refractivity contribution in [3.05, 3.63) is 0 Å². The van der Waals surface area contributed by atoms with Crippen LogP contribution in [0.25, 0.3) is 0 Å². The predicted octanol–water partition coefficient (Wildman–Crippen LogP) is 4.80. The average Bonchev–Trinajstić information content (AvgIpc) is 1.78. The van der Waals surface area contributed by atoms with Crippen molar-refractivity contribution in [3.63, 3.8) is 0 Å². The van der Waals surface area contributed by atoms with Crippen molar-refractivity contribution < 1.29 is 0 Å². The lowest BCUT2D eigenvalue weighted by atomic mass is 10.2. The third kappa shape index (κ3) is 9.44. The van der Waals surface area contributed by atoms with Gasteiger partial charge in [-0.05, 0) is 6.42 Å². The van der Waals surface area contributed by atoms with Gasteiger partial charge >= 0.3 is 0 Å². The first-order valence-electron chi connectivity index (χ1n) is 3.63. The van der Waals surface area contributed by atoms with Crippen molar-refractivity contribution in [1.29, 1.82) is 0 Å². The average molecular weight is 337 g/mol. The molecular formula is C7H13Br3. The fourth-order valence-corrected chi connectivity index (χ4v) is 1.59. The summed E-state index contributed by atoms with van der Waals surface area (Å²) in [5.41, 5.74) is 0. The molecule has 0 aliphatic rings. The van der Waals surface area contributed by atoms with Gasteiger partial charge < -0.3 is 0 Å². The van der Waals surface area contributed by atoms with Gasteiger partial charge in [-0.2, -0.15) is 0 Å². The standard InChI is InChI=1S/C7H13Br3/c1-2-3-4-5-6-7(8,9)10/h2-6H2,1H3. The van der Waals surface area contributed by atoms with Crippen molar-refractivity contribution in [2.75, 3.05) is 0 Å². The summed E-state index contributed by atoms with van der Waals surface area (Å²) in [7, 11) is 0. The fourth-order valence-electron chi connectivity index (χ4n) is 0.752. The fraction of sp³-hybridized carbons (Fsp3) is 1.00. The quantitative estimate of drug-likeness (QED) is 0.511. The maximum atomic E-state index is 3.46. The maximum absolute atomic E-state index is 3.46. The van der Waals surface area contributed by atoms with Crippen molar-refractivity contribution in [1.82, 2.24) is 0 Å². The Morgan fingerprint density at radius 2 is 1.60 bits per heavy atom. The molecule has 0 aliphatic heterocycles. The van der Waals surface area contributed by atoms with Crippen LogP contribution in [0.2, 0.25) is 0 Å². The van der Waals surface area contributed by atoms with Crippen LogP contribution in [-0.2, 0) is 0 Å². The molecule has 0 aromatic carbocycles. The Bertz CT molecular complexity index is 75.4. The van der Waals surface area contributed by atoms with Crippen molar-refractivity contribution in [3.8, 4) is 0 Å². The van der Waals surface area contributed by atoms with Crippen LogP contribution in [0.4, 0.5) is 0 Å². The van der Waals surface area contributed by atoms with Crippen LogP contribution in [0.3, 0.4) is 0 Å². The summed E-state index contributed by atoms with van der Waals surface area (Å²) >= 11 is 10.4. The van der Waals surface area contributed by atoms with Gasteiger partial charge in [-0.15, -0.1) is 0 Å². The minimum atomic E-state index is -0.0132. The molecule has 3 heteroatoms. The van der Waals surface area contributed by atoms with Crippen molar-refractivity contribution in [2.45, 2.75) is 41.2 Å². The summed E-state index contributed by atoms with van der Waals surface area (Å²) in [6.07, 6.45) is 6.40.